The van der Waals surface area contributed by atoms with Gasteiger partial charge in [-0.2, -0.15) is 0 Å². The van der Waals surface area contributed by atoms with Crippen molar-refractivity contribution >= 4 is 33.4 Å². The summed E-state index contributed by atoms with van der Waals surface area (Å²) in [6, 6.07) is 7.66. The number of hydrogen-bond acceptors (Lipinski definition) is 6. The number of nitrogens with zero attached hydrogens (tertiary/aromatic N) is 5. The van der Waals surface area contributed by atoms with Crippen molar-refractivity contribution in [1.82, 2.24) is 25.2 Å². The van der Waals surface area contributed by atoms with Crippen LogP contribution in [-0.2, 0) is 11.3 Å². The molecule has 0 aliphatic heterocycles. The molecule has 2 aromatic heterocycles. The van der Waals surface area contributed by atoms with E-state index >= 15 is 0 Å². The van der Waals surface area contributed by atoms with Gasteiger partial charge in [-0.25, -0.2) is 4.68 Å². The lowest BCUT2D eigenvalue weighted by atomic mass is 10.3. The molecule has 7 nitrogen and oxygen atoms in total. The molecule has 0 unspecified atom stereocenters. The van der Waals surface area contributed by atoms with Crippen LogP contribution in [0.1, 0.15) is 11.4 Å². The van der Waals surface area contributed by atoms with E-state index < -0.39 is 0 Å². The molecule has 1 N–H and O–H groups in total. The van der Waals surface area contributed by atoms with Gasteiger partial charge in [-0.15, -0.1) is 15.3 Å². The summed E-state index contributed by atoms with van der Waals surface area (Å²) in [7, 11) is 0. The number of amides is 1. The van der Waals surface area contributed by atoms with Gasteiger partial charge < -0.3 is 5.32 Å². The maximum Gasteiger partial charge on any atom is 0.228 e. The smallest absolute Gasteiger partial charge is 0.228 e. The van der Waals surface area contributed by atoms with Gasteiger partial charge in [-0.05, 0) is 19.1 Å². The fourth-order valence-electron chi connectivity index (χ4n) is 1.82. The zero-order chi connectivity index (χ0) is 13.9. The third-order valence-corrected chi connectivity index (χ3v) is 3.50. The normalized spacial score (nSPS) is 10.8. The van der Waals surface area contributed by atoms with Crippen LogP contribution in [0.3, 0.4) is 0 Å². The number of rotatable bonds is 4. The van der Waals surface area contributed by atoms with Crippen molar-refractivity contribution in [2.45, 2.75) is 19.9 Å². The van der Waals surface area contributed by atoms with E-state index in [4.69, 9.17) is 0 Å². The number of fused-ring (bicyclic) bond motifs is 1. The lowest BCUT2D eigenvalue weighted by molar-refractivity contribution is -0.116. The predicted octanol–water partition coefficient (Wildman–Crippen LogP) is 1.62. The zero-order valence-electron chi connectivity index (χ0n) is 10.8. The first-order valence-electron chi connectivity index (χ1n) is 6.10. The van der Waals surface area contributed by atoms with Crippen LogP contribution < -0.4 is 5.32 Å². The van der Waals surface area contributed by atoms with Gasteiger partial charge in [0.05, 0.1) is 12.1 Å². The van der Waals surface area contributed by atoms with Crippen LogP contribution in [0.4, 0.5) is 5.13 Å². The Labute approximate surface area is 118 Å². The second kappa shape index (κ2) is 5.33. The molecule has 0 aliphatic rings. The van der Waals surface area contributed by atoms with Crippen molar-refractivity contribution in [3.05, 3.63) is 29.3 Å². The highest BCUT2D eigenvalue weighted by Crippen LogP contribution is 2.14. The highest BCUT2D eigenvalue weighted by Gasteiger charge is 2.08. The van der Waals surface area contributed by atoms with E-state index in [9.17, 15) is 4.79 Å². The van der Waals surface area contributed by atoms with E-state index in [1.165, 1.54) is 11.3 Å². The molecule has 0 aliphatic carbocycles. The van der Waals surface area contributed by atoms with Gasteiger partial charge in [0, 0.05) is 6.42 Å². The van der Waals surface area contributed by atoms with E-state index in [1.54, 1.807) is 4.68 Å². The maximum atomic E-state index is 11.8. The molecule has 3 rings (SSSR count). The molecule has 0 saturated heterocycles. The SMILES string of the molecule is Cc1nnc(NC(=O)CCn2nnc3ccccc32)s1. The van der Waals surface area contributed by atoms with Gasteiger partial charge in [-0.1, -0.05) is 28.7 Å². The molecule has 0 bridgehead atoms. The Morgan fingerprint density at radius 3 is 2.95 bits per heavy atom. The molecule has 8 heteroatoms. The fourth-order valence-corrected chi connectivity index (χ4v) is 2.43. The lowest BCUT2D eigenvalue weighted by Crippen LogP contribution is -2.15. The predicted molar refractivity (Wildman–Crippen MR) is 75.4 cm³/mol. The third kappa shape index (κ3) is 2.64. The maximum absolute atomic E-state index is 11.8. The number of carbonyl (C=O) groups is 1. The molecule has 2 heterocycles. The first-order chi connectivity index (χ1) is 9.72. The van der Waals surface area contributed by atoms with Crippen molar-refractivity contribution < 1.29 is 4.79 Å². The van der Waals surface area contributed by atoms with E-state index in [1.807, 2.05) is 31.2 Å². The minimum Gasteiger partial charge on any atom is -0.300 e. The van der Waals surface area contributed by atoms with Crippen LogP contribution in [0.5, 0.6) is 0 Å². The third-order valence-electron chi connectivity index (χ3n) is 2.74. The number of hydrogen-bond donors (Lipinski definition) is 1. The van der Waals surface area contributed by atoms with Crippen LogP contribution in [-0.4, -0.2) is 31.1 Å². The standard InChI is InChI=1S/C12H12N6OS/c1-8-14-16-12(20-8)13-11(19)6-7-18-10-5-3-2-4-9(10)15-17-18/h2-5H,6-7H2,1H3,(H,13,16,19). The van der Waals surface area contributed by atoms with E-state index in [-0.39, 0.29) is 5.91 Å². The van der Waals surface area contributed by atoms with Gasteiger partial charge in [0.1, 0.15) is 10.5 Å². The van der Waals surface area contributed by atoms with Crippen LogP contribution in [0, 0.1) is 6.92 Å². The summed E-state index contributed by atoms with van der Waals surface area (Å²) in [6.07, 6.45) is 0.311. The summed E-state index contributed by atoms with van der Waals surface area (Å²) >= 11 is 1.35. The quantitative estimate of drug-likeness (QED) is 0.788. The Bertz CT molecular complexity index is 749. The van der Waals surface area contributed by atoms with Crippen molar-refractivity contribution in [3.63, 3.8) is 0 Å². The van der Waals surface area contributed by atoms with Crippen LogP contribution in [0.25, 0.3) is 11.0 Å². The van der Waals surface area contributed by atoms with Crippen molar-refractivity contribution in [2.24, 2.45) is 0 Å². The monoisotopic (exact) mass is 288 g/mol. The molecule has 3 aromatic rings. The van der Waals surface area contributed by atoms with Crippen molar-refractivity contribution in [1.29, 1.82) is 0 Å². The number of carbonyl (C=O) groups excluding carboxylic acids is 1. The Morgan fingerprint density at radius 2 is 2.15 bits per heavy atom. The van der Waals surface area contributed by atoms with Crippen LogP contribution >= 0.6 is 11.3 Å². The molecular formula is C12H12N6OS. The number of para-hydroxylation sites is 1. The molecule has 0 spiro atoms. The molecule has 0 atom stereocenters. The van der Waals surface area contributed by atoms with Gasteiger partial charge in [0.15, 0.2) is 0 Å². The largest absolute Gasteiger partial charge is 0.300 e. The topological polar surface area (TPSA) is 85.6 Å². The number of nitrogens with one attached hydrogen (secondary N) is 1. The Morgan fingerprint density at radius 1 is 1.30 bits per heavy atom. The van der Waals surface area contributed by atoms with E-state index in [0.29, 0.717) is 18.1 Å². The van der Waals surface area contributed by atoms with Gasteiger partial charge >= 0.3 is 0 Å². The Hall–Kier alpha value is -2.35. The van der Waals surface area contributed by atoms with Gasteiger partial charge in [0.2, 0.25) is 11.0 Å². The second-order valence-electron chi connectivity index (χ2n) is 4.23. The molecule has 0 fully saturated rings. The highest BCUT2D eigenvalue weighted by atomic mass is 32.1. The molecule has 1 amide bonds. The number of benzene rings is 1. The summed E-state index contributed by atoms with van der Waals surface area (Å²) in [4.78, 5) is 11.8. The first-order valence-corrected chi connectivity index (χ1v) is 6.92. The van der Waals surface area contributed by atoms with E-state index in [0.717, 1.165) is 16.0 Å². The summed E-state index contributed by atoms with van der Waals surface area (Å²) in [5.74, 6) is -0.110. The minimum absolute atomic E-state index is 0.110. The van der Waals surface area contributed by atoms with Crippen LogP contribution in [0.15, 0.2) is 24.3 Å². The van der Waals surface area contributed by atoms with Crippen LogP contribution in [0.2, 0.25) is 0 Å². The molecule has 102 valence electrons. The summed E-state index contributed by atoms with van der Waals surface area (Å²) in [5.41, 5.74) is 1.75. The first kappa shape index (κ1) is 12.7. The average Bonchev–Trinajstić information content (AvgIpc) is 3.03. The summed E-state index contributed by atoms with van der Waals surface area (Å²) < 4.78 is 1.72. The molecule has 20 heavy (non-hydrogen) atoms. The average molecular weight is 288 g/mol. The Kier molecular flexibility index (Phi) is 3.38. The minimum atomic E-state index is -0.110. The fraction of sp³-hybridized carbons (Fsp3) is 0.250. The molecule has 0 radical (unpaired) electrons. The summed E-state index contributed by atoms with van der Waals surface area (Å²) in [5, 5.41) is 19.8. The summed E-state index contributed by atoms with van der Waals surface area (Å²) in [6.45, 7) is 2.32. The van der Waals surface area contributed by atoms with Gasteiger partial charge in [-0.3, -0.25) is 4.79 Å². The zero-order valence-corrected chi connectivity index (χ0v) is 11.6. The van der Waals surface area contributed by atoms with E-state index in [2.05, 4.69) is 25.8 Å². The number of aromatic nitrogens is 5. The van der Waals surface area contributed by atoms with Crippen molar-refractivity contribution in [3.8, 4) is 0 Å². The highest BCUT2D eigenvalue weighted by molar-refractivity contribution is 7.15. The van der Waals surface area contributed by atoms with Crippen molar-refractivity contribution in [2.75, 3.05) is 5.32 Å². The second-order valence-corrected chi connectivity index (χ2v) is 5.41. The van der Waals surface area contributed by atoms with Gasteiger partial charge in [0.25, 0.3) is 0 Å². The Balaban J connectivity index is 1.63. The lowest BCUT2D eigenvalue weighted by Gasteiger charge is -2.02. The number of aryl methyl sites for hydroxylation is 2. The molecular weight excluding hydrogens is 276 g/mol. The molecule has 1 aromatic carbocycles. The number of anilines is 1. The molecule has 0 saturated carbocycles.